The Balaban J connectivity index is 2.46. The normalized spacial score (nSPS) is 11.3. The van der Waals surface area contributed by atoms with Gasteiger partial charge in [-0.3, -0.25) is 5.21 Å². The van der Waals surface area contributed by atoms with Gasteiger partial charge in [0, 0.05) is 5.56 Å². The summed E-state index contributed by atoms with van der Waals surface area (Å²) in [5.41, 5.74) is -0.0209. The average Bonchev–Trinajstić information content (AvgIpc) is 2.65. The zero-order valence-electron chi connectivity index (χ0n) is 15.4. The fraction of sp³-hybridized carbons (Fsp3) is 0.316. The van der Waals surface area contributed by atoms with Gasteiger partial charge in [0.15, 0.2) is 0 Å². The van der Waals surface area contributed by atoms with Crippen molar-refractivity contribution in [2.45, 2.75) is 33.1 Å². The molecule has 2 rings (SSSR count). The number of benzene rings is 2. The first-order chi connectivity index (χ1) is 13.1. The highest BCUT2D eigenvalue weighted by molar-refractivity contribution is 6.32. The third-order valence-electron chi connectivity index (χ3n) is 4.18. The standard InChI is InChI=1S/C19H19ClF3NO4/c1-4-12-9-15(20)17(8-11(12)2)28-10-13-14(19(21,22)23)6-5-7-16(13)24(26)18(25)27-3/h5-9,26H,4,10H2,1-3H3. The summed E-state index contributed by atoms with van der Waals surface area (Å²) in [5.74, 6) is 0.196. The third-order valence-corrected chi connectivity index (χ3v) is 4.47. The molecule has 0 aliphatic heterocycles. The molecule has 0 aromatic heterocycles. The number of hydroxylamine groups is 1. The van der Waals surface area contributed by atoms with Crippen molar-refractivity contribution in [3.8, 4) is 5.75 Å². The Labute approximate surface area is 165 Å². The van der Waals surface area contributed by atoms with Gasteiger partial charge in [0.1, 0.15) is 12.4 Å². The molecule has 0 unspecified atom stereocenters. The second-order valence-electron chi connectivity index (χ2n) is 5.93. The van der Waals surface area contributed by atoms with E-state index in [1.165, 1.54) is 0 Å². The molecular formula is C19H19ClF3NO4. The fourth-order valence-corrected chi connectivity index (χ4v) is 2.95. The highest BCUT2D eigenvalue weighted by Crippen LogP contribution is 2.37. The van der Waals surface area contributed by atoms with Crippen LogP contribution in [0.3, 0.4) is 0 Å². The van der Waals surface area contributed by atoms with Crippen LogP contribution in [0.5, 0.6) is 5.75 Å². The van der Waals surface area contributed by atoms with Crippen molar-refractivity contribution in [2.24, 2.45) is 0 Å². The SMILES string of the molecule is CCc1cc(Cl)c(OCc2c(N(O)C(=O)OC)cccc2C(F)(F)F)cc1C. The molecule has 5 nitrogen and oxygen atoms in total. The van der Waals surface area contributed by atoms with Gasteiger partial charge in [-0.1, -0.05) is 24.6 Å². The molecule has 0 aliphatic rings. The highest BCUT2D eigenvalue weighted by Gasteiger charge is 2.36. The van der Waals surface area contributed by atoms with E-state index >= 15 is 0 Å². The Morgan fingerprint density at radius 1 is 1.29 bits per heavy atom. The molecule has 2 aromatic rings. The molecular weight excluding hydrogens is 399 g/mol. The molecule has 9 heteroatoms. The monoisotopic (exact) mass is 417 g/mol. The Bertz CT molecular complexity index is 871. The molecule has 0 bridgehead atoms. The first kappa shape index (κ1) is 21.8. The van der Waals surface area contributed by atoms with Gasteiger partial charge < -0.3 is 9.47 Å². The van der Waals surface area contributed by atoms with Gasteiger partial charge in [-0.25, -0.2) is 4.79 Å². The fourth-order valence-electron chi connectivity index (χ4n) is 2.71. The summed E-state index contributed by atoms with van der Waals surface area (Å²) in [5, 5.41) is 10.2. The van der Waals surface area contributed by atoms with Crippen molar-refractivity contribution in [1.29, 1.82) is 0 Å². The molecule has 0 aliphatic carbocycles. The number of nitrogens with zero attached hydrogens (tertiary/aromatic N) is 1. The summed E-state index contributed by atoms with van der Waals surface area (Å²) in [7, 11) is 0.993. The Hall–Kier alpha value is -2.45. The van der Waals surface area contributed by atoms with Crippen molar-refractivity contribution in [3.63, 3.8) is 0 Å². The van der Waals surface area contributed by atoms with Gasteiger partial charge in [0.2, 0.25) is 0 Å². The summed E-state index contributed by atoms with van der Waals surface area (Å²) in [6.07, 6.45) is -5.22. The number of aryl methyl sites for hydroxylation is 2. The lowest BCUT2D eigenvalue weighted by Crippen LogP contribution is -2.29. The quantitative estimate of drug-likeness (QED) is 0.495. The first-order valence-electron chi connectivity index (χ1n) is 8.28. The van der Waals surface area contributed by atoms with E-state index in [0.717, 1.165) is 42.9 Å². The predicted molar refractivity (Wildman–Crippen MR) is 98.0 cm³/mol. The summed E-state index contributed by atoms with van der Waals surface area (Å²) in [6, 6.07) is 6.38. The second kappa shape index (κ2) is 8.70. The maximum Gasteiger partial charge on any atom is 0.438 e. The number of carbonyl (C=O) groups excluding carboxylic acids is 1. The van der Waals surface area contributed by atoms with Gasteiger partial charge in [-0.15, -0.1) is 0 Å². The lowest BCUT2D eigenvalue weighted by molar-refractivity contribution is -0.138. The summed E-state index contributed by atoms with van der Waals surface area (Å²) in [6.45, 7) is 3.21. The number of amides is 1. The molecule has 28 heavy (non-hydrogen) atoms. The number of hydrogen-bond donors (Lipinski definition) is 1. The Kier molecular flexibility index (Phi) is 6.79. The van der Waals surface area contributed by atoms with Crippen LogP contribution in [-0.4, -0.2) is 18.4 Å². The van der Waals surface area contributed by atoms with Crippen LogP contribution in [-0.2, 0) is 23.9 Å². The van der Waals surface area contributed by atoms with Crippen molar-refractivity contribution >= 4 is 23.4 Å². The lowest BCUT2D eigenvalue weighted by atomic mass is 10.0. The minimum absolute atomic E-state index is 0.000964. The van der Waals surface area contributed by atoms with Gasteiger partial charge in [-0.2, -0.15) is 18.2 Å². The summed E-state index contributed by atoms with van der Waals surface area (Å²) in [4.78, 5) is 11.6. The molecule has 1 N–H and O–H groups in total. The van der Waals surface area contributed by atoms with E-state index < -0.39 is 35.7 Å². The number of methoxy groups -OCH3 is 1. The van der Waals surface area contributed by atoms with Crippen molar-refractivity contribution in [3.05, 3.63) is 57.6 Å². The largest absolute Gasteiger partial charge is 0.487 e. The van der Waals surface area contributed by atoms with E-state index in [9.17, 15) is 23.2 Å². The molecule has 0 saturated carbocycles. The van der Waals surface area contributed by atoms with Crippen molar-refractivity contribution in [1.82, 2.24) is 0 Å². The van der Waals surface area contributed by atoms with Gasteiger partial charge >= 0.3 is 12.3 Å². The molecule has 0 saturated heterocycles. The lowest BCUT2D eigenvalue weighted by Gasteiger charge is -2.21. The Morgan fingerprint density at radius 3 is 2.54 bits per heavy atom. The van der Waals surface area contributed by atoms with E-state index in [1.807, 2.05) is 13.8 Å². The van der Waals surface area contributed by atoms with E-state index in [4.69, 9.17) is 16.3 Å². The van der Waals surface area contributed by atoms with Gasteiger partial charge in [-0.05, 0) is 48.7 Å². The molecule has 0 atom stereocenters. The number of hydrogen-bond acceptors (Lipinski definition) is 4. The maximum absolute atomic E-state index is 13.4. The molecule has 0 radical (unpaired) electrons. The number of anilines is 1. The minimum Gasteiger partial charge on any atom is -0.487 e. The van der Waals surface area contributed by atoms with Crippen LogP contribution in [0.4, 0.5) is 23.7 Å². The average molecular weight is 418 g/mol. The number of halogens is 4. The van der Waals surface area contributed by atoms with Crippen LogP contribution in [0.2, 0.25) is 5.02 Å². The van der Waals surface area contributed by atoms with E-state index in [1.54, 1.807) is 12.1 Å². The maximum atomic E-state index is 13.4. The molecule has 152 valence electrons. The van der Waals surface area contributed by atoms with Crippen LogP contribution < -0.4 is 9.80 Å². The van der Waals surface area contributed by atoms with E-state index in [0.29, 0.717) is 0 Å². The summed E-state index contributed by atoms with van der Waals surface area (Å²) >= 11 is 6.17. The predicted octanol–water partition coefficient (Wildman–Crippen LogP) is 5.77. The van der Waals surface area contributed by atoms with Gasteiger partial charge in [0.25, 0.3) is 0 Å². The van der Waals surface area contributed by atoms with Crippen molar-refractivity contribution < 1.29 is 32.6 Å². The number of ether oxygens (including phenoxy) is 2. The minimum atomic E-state index is -4.72. The van der Waals surface area contributed by atoms with Gasteiger partial charge in [0.05, 0.1) is 23.4 Å². The third kappa shape index (κ3) is 4.69. The molecule has 0 heterocycles. The zero-order chi connectivity index (χ0) is 21.1. The molecule has 0 fully saturated rings. The topological polar surface area (TPSA) is 59.0 Å². The number of carbonyl (C=O) groups is 1. The number of alkyl halides is 3. The molecule has 0 spiro atoms. The van der Waals surface area contributed by atoms with Crippen LogP contribution in [0.15, 0.2) is 30.3 Å². The van der Waals surface area contributed by atoms with E-state index in [2.05, 4.69) is 4.74 Å². The molecule has 2 aromatic carbocycles. The van der Waals surface area contributed by atoms with Crippen molar-refractivity contribution in [2.75, 3.05) is 12.2 Å². The highest BCUT2D eigenvalue weighted by atomic mass is 35.5. The second-order valence-corrected chi connectivity index (χ2v) is 6.34. The van der Waals surface area contributed by atoms with Crippen LogP contribution in [0.25, 0.3) is 0 Å². The van der Waals surface area contributed by atoms with Crippen LogP contribution in [0, 0.1) is 6.92 Å². The summed E-state index contributed by atoms with van der Waals surface area (Å²) < 4.78 is 50.2. The Morgan fingerprint density at radius 2 is 1.96 bits per heavy atom. The smallest absolute Gasteiger partial charge is 0.438 e. The van der Waals surface area contributed by atoms with Crippen LogP contribution >= 0.6 is 11.6 Å². The van der Waals surface area contributed by atoms with E-state index in [-0.39, 0.29) is 15.8 Å². The first-order valence-corrected chi connectivity index (χ1v) is 8.65. The zero-order valence-corrected chi connectivity index (χ0v) is 16.2. The van der Waals surface area contributed by atoms with Crippen LogP contribution in [0.1, 0.15) is 29.2 Å². The molecule has 1 amide bonds. The number of rotatable bonds is 5.